The first kappa shape index (κ1) is 105. The Bertz CT molecular complexity index is 5130. The number of carbonyl (C=O) groups excluding carboxylic acids is 17. The highest BCUT2D eigenvalue weighted by atomic mass is 35.5. The largest absolute Gasteiger partial charge is 0.394 e. The number of carbonyl (C=O) groups is 17. The number of imidazole rings is 1. The Kier molecular flexibility index (Phi) is 40.3. The van der Waals surface area contributed by atoms with Crippen LogP contribution in [0.5, 0.6) is 0 Å². The number of primary amides is 2. The number of aromatic amines is 3. The summed E-state index contributed by atoms with van der Waals surface area (Å²) >= 11 is 7.19. The number of thioether (sulfide) groups is 1. The van der Waals surface area contributed by atoms with Gasteiger partial charge in [-0.15, -0.1) is 11.8 Å². The molecule has 2 aliphatic rings. The number of aliphatic hydroxyl groups is 1. The van der Waals surface area contributed by atoms with E-state index in [4.69, 9.17) is 34.2 Å². The molecule has 44 heteroatoms. The fraction of sp³-hybridized carbons (Fsp3) is 0.517. The maximum absolute atomic E-state index is 15.7. The highest BCUT2D eigenvalue weighted by Crippen LogP contribution is 2.27. The van der Waals surface area contributed by atoms with Crippen LogP contribution in [0.4, 0.5) is 0 Å². The first-order valence-corrected chi connectivity index (χ1v) is 45.8. The van der Waals surface area contributed by atoms with Gasteiger partial charge in [-0.1, -0.05) is 114 Å². The standard InChI is InChI=1S/C89H125ClN24O18S/c1-10-12-28-69-82(126)103-60(27-19-31-96-89(93)94)78(122)109-68(77(121)99-43-73(92)117)46-133-47-75(119)102-64(35-51-21-18-22-54(90)34-51)85(129)111(7)50(5)76(120)105-66(39-72(91)116)87(131)114-32-20-30-70(114)83(127)104-62(38-55-42-95-48-100-55)80(124)106-63(33-49(3)4)84(128)110(6)44-74(118)101-61(36-52-40-97-58-25-16-14-23-56(52)58)79(123)108-67(45-115)81(125)107-65(37-53-41-98-59-26-17-15-24-57(53)59)86(130)113(9)71(29-13-11-2)88(132)112(69)8/h14-18,21-26,34,40-42,48-50,60-71,97-98,115H,10-13,19-20,27-33,35-39,43-47H2,1-9H3,(H2,91,116)(H2,92,117)(H,95,100)(H,99,121)(H,101,118)(H,102,119)(H,103,126)(H,104,127)(H,105,120)(H,106,124)(H,107,125)(H,108,123)(H,109,122)(H4,93,94,96)/t50-,60-,61-,62-,63-,64-,65-,66-,67-,68-,69-,70-,71-/m0/s1. The minimum atomic E-state index is -1.85. The molecular weight excluding hydrogens is 1760 g/mol. The number of aromatic nitrogens is 4. The minimum absolute atomic E-state index is 0.00215. The second kappa shape index (κ2) is 51.0. The Morgan fingerprint density at radius 2 is 1.12 bits per heavy atom. The van der Waals surface area contributed by atoms with E-state index in [1.807, 2.05) is 13.8 Å². The normalized spacial score (nSPS) is 23.4. The predicted molar refractivity (Wildman–Crippen MR) is 495 cm³/mol. The van der Waals surface area contributed by atoms with E-state index in [1.165, 1.54) is 53.7 Å². The van der Waals surface area contributed by atoms with E-state index in [0.29, 0.717) is 69.9 Å². The molecule has 17 amide bonds. The molecule has 0 spiro atoms. The second-order valence-electron chi connectivity index (χ2n) is 33.8. The van der Waals surface area contributed by atoms with Crippen molar-refractivity contribution in [1.29, 1.82) is 5.41 Å². The van der Waals surface area contributed by atoms with Crippen LogP contribution in [-0.2, 0) is 107 Å². The van der Waals surface area contributed by atoms with Gasteiger partial charge >= 0.3 is 0 Å². The summed E-state index contributed by atoms with van der Waals surface area (Å²) in [5, 5.41) is 49.6. The van der Waals surface area contributed by atoms with Gasteiger partial charge in [0.25, 0.3) is 0 Å². The lowest BCUT2D eigenvalue weighted by atomic mass is 10.00. The van der Waals surface area contributed by atoms with Gasteiger partial charge in [0.15, 0.2) is 5.96 Å². The van der Waals surface area contributed by atoms with Crippen molar-refractivity contribution in [2.75, 3.05) is 72.5 Å². The molecule has 13 atom stereocenters. The zero-order valence-corrected chi connectivity index (χ0v) is 77.7. The molecule has 2 fully saturated rings. The smallest absolute Gasteiger partial charge is 0.246 e. The number of amides is 17. The van der Waals surface area contributed by atoms with Gasteiger partial charge in [0.1, 0.15) is 78.5 Å². The van der Waals surface area contributed by atoms with Crippen molar-refractivity contribution >= 4 is 152 Å². The number of hydrogen-bond donors (Lipinski definition) is 19. The minimum Gasteiger partial charge on any atom is -0.394 e. The van der Waals surface area contributed by atoms with Crippen molar-refractivity contribution in [1.82, 2.24) is 103 Å². The van der Waals surface area contributed by atoms with Gasteiger partial charge < -0.3 is 120 Å². The maximum atomic E-state index is 15.7. The van der Waals surface area contributed by atoms with Gasteiger partial charge in [-0.2, -0.15) is 0 Å². The number of H-pyrrole nitrogens is 3. The summed E-state index contributed by atoms with van der Waals surface area (Å²) in [6, 6.07) is 0.559. The number of para-hydroxylation sites is 2. The topological polar surface area (TPSA) is 621 Å². The van der Waals surface area contributed by atoms with Gasteiger partial charge in [-0.25, -0.2) is 4.98 Å². The third-order valence-electron chi connectivity index (χ3n) is 23.2. The van der Waals surface area contributed by atoms with E-state index < -0.39 is 223 Å². The van der Waals surface area contributed by atoms with E-state index in [9.17, 15) is 62.6 Å². The summed E-state index contributed by atoms with van der Waals surface area (Å²) in [6.07, 6.45) is 5.82. The van der Waals surface area contributed by atoms with Crippen LogP contribution in [0, 0.1) is 11.3 Å². The van der Waals surface area contributed by atoms with Crippen LogP contribution >= 0.6 is 23.4 Å². The monoisotopic (exact) mass is 1880 g/mol. The molecule has 133 heavy (non-hydrogen) atoms. The molecule has 0 unspecified atom stereocenters. The number of benzene rings is 3. The van der Waals surface area contributed by atoms with Crippen molar-refractivity contribution in [3.8, 4) is 0 Å². The van der Waals surface area contributed by atoms with Crippen molar-refractivity contribution in [3.63, 3.8) is 0 Å². The third-order valence-corrected chi connectivity index (χ3v) is 24.5. The number of nitrogens with two attached hydrogens (primary N) is 3. The molecule has 0 aliphatic carbocycles. The van der Waals surface area contributed by atoms with E-state index in [0.717, 1.165) is 36.3 Å². The molecule has 0 radical (unpaired) electrons. The fourth-order valence-corrected chi connectivity index (χ4v) is 16.9. The van der Waals surface area contributed by atoms with Gasteiger partial charge in [0.2, 0.25) is 100 Å². The number of nitrogens with one attached hydrogen (secondary N) is 15. The average molecular weight is 1890 g/mol. The third kappa shape index (κ3) is 30.7. The van der Waals surface area contributed by atoms with Gasteiger partial charge in [-0.05, 0) is 98.7 Å². The van der Waals surface area contributed by atoms with Crippen LogP contribution in [-0.4, -0.2) is 307 Å². The summed E-state index contributed by atoms with van der Waals surface area (Å²) in [7, 11) is 5.22. The van der Waals surface area contributed by atoms with Gasteiger partial charge in [0.05, 0.1) is 38.2 Å². The summed E-state index contributed by atoms with van der Waals surface area (Å²) in [5.41, 5.74) is 19.9. The Balaban J connectivity index is 1.18. The molecule has 0 bridgehead atoms. The molecule has 722 valence electrons. The van der Waals surface area contributed by atoms with Crippen LogP contribution in [0.25, 0.3) is 21.8 Å². The van der Waals surface area contributed by atoms with E-state index in [2.05, 4.69) is 78.4 Å². The van der Waals surface area contributed by atoms with Crippen molar-refractivity contribution in [2.24, 2.45) is 23.1 Å². The molecule has 22 N–H and O–H groups in total. The Morgan fingerprint density at radius 1 is 0.564 bits per heavy atom. The number of fused-ring (bicyclic) bond motifs is 3. The highest BCUT2D eigenvalue weighted by molar-refractivity contribution is 8.00. The van der Waals surface area contributed by atoms with Gasteiger partial charge in [0, 0.05) is 124 Å². The lowest BCUT2D eigenvalue weighted by Crippen LogP contribution is -2.61. The first-order valence-electron chi connectivity index (χ1n) is 44.3. The number of nitrogens with zero attached hydrogens (tertiary/aromatic N) is 6. The molecule has 2 aliphatic heterocycles. The quantitative estimate of drug-likeness (QED) is 0.0167. The zero-order valence-electron chi connectivity index (χ0n) is 76.2. The summed E-state index contributed by atoms with van der Waals surface area (Å²) in [6.45, 7) is 5.86. The first-order chi connectivity index (χ1) is 63.3. The Labute approximate surface area is 779 Å². The molecule has 3 aromatic heterocycles. The molecule has 0 saturated carbocycles. The summed E-state index contributed by atoms with van der Waals surface area (Å²) in [5.74, 6) is -17.4. The highest BCUT2D eigenvalue weighted by Gasteiger charge is 2.44. The number of rotatable bonds is 26. The summed E-state index contributed by atoms with van der Waals surface area (Å²) in [4.78, 5) is 267. The van der Waals surface area contributed by atoms with E-state index in [-0.39, 0.29) is 94.7 Å². The number of guanidine groups is 1. The lowest BCUT2D eigenvalue weighted by Gasteiger charge is -2.36. The second-order valence-corrected chi connectivity index (χ2v) is 35.3. The molecule has 42 nitrogen and oxygen atoms in total. The van der Waals surface area contributed by atoms with E-state index >= 15 is 24.0 Å². The molecule has 5 heterocycles. The fourth-order valence-electron chi connectivity index (χ4n) is 15.8. The lowest BCUT2D eigenvalue weighted by molar-refractivity contribution is -0.149. The van der Waals surface area contributed by atoms with Crippen LogP contribution in [0.15, 0.2) is 97.7 Å². The van der Waals surface area contributed by atoms with Crippen LogP contribution < -0.4 is 75.7 Å². The Hall–Kier alpha value is -13.2. The van der Waals surface area contributed by atoms with Crippen molar-refractivity contribution in [2.45, 2.75) is 216 Å². The molecular formula is C89H125ClN24O18S. The van der Waals surface area contributed by atoms with Gasteiger partial charge in [-0.3, -0.25) is 86.9 Å². The number of unbranched alkanes of at least 4 members (excludes halogenated alkanes) is 2. The van der Waals surface area contributed by atoms with Crippen LogP contribution in [0.3, 0.4) is 0 Å². The molecule has 2 saturated heterocycles. The molecule has 8 rings (SSSR count). The zero-order chi connectivity index (χ0) is 97.4. The van der Waals surface area contributed by atoms with E-state index in [1.54, 1.807) is 93.0 Å². The number of hydrogen-bond acceptors (Lipinski definition) is 21. The summed E-state index contributed by atoms with van der Waals surface area (Å²) < 4.78 is 0. The Morgan fingerprint density at radius 3 is 1.72 bits per heavy atom. The maximum Gasteiger partial charge on any atom is 0.246 e. The molecule has 3 aromatic carbocycles. The van der Waals surface area contributed by atoms with Crippen LogP contribution in [0.1, 0.15) is 134 Å². The van der Waals surface area contributed by atoms with Crippen molar-refractivity contribution < 1.29 is 86.6 Å². The van der Waals surface area contributed by atoms with Crippen LogP contribution in [0.2, 0.25) is 5.02 Å². The molecule has 6 aromatic rings. The SMILES string of the molecule is CCCC[C@H]1C(=O)N(C)[C@@H](CCCC)C(=O)N[C@@H](CCCNC(=N)N)C(=O)N[C@H](C(=O)NCC(N)=O)CSCC(=O)N[C@@H](Cc2cccc(Cl)c2)C(=O)N(C)[C@@H](C)C(=O)N[C@@H](CC(N)=O)C(=O)N2CCC[C@H]2C(=O)N[C@@H](Cc2cnc[nH]2)C(=O)N[C@@H](CC(C)C)C(=O)N(C)CC(=O)N[C@@H](Cc2c[nH]c3ccccc23)C(=O)N[C@@H](CO)C(=O)N[C@@H](Cc2c[nH]c3ccccc23)C(=O)N1C. The number of halogens is 1. The number of aliphatic hydroxyl groups excluding tert-OH is 1. The predicted octanol–water partition coefficient (Wildman–Crippen LogP) is -1.48. The average Bonchev–Trinajstić information content (AvgIpc) is 1.71. The number of likely N-dealkylation sites (N-methyl/N-ethyl adjacent to an activating group) is 4. The van der Waals surface area contributed by atoms with Crippen molar-refractivity contribution in [3.05, 3.63) is 125 Å².